The number of carbonyl (C=O) groups excluding carboxylic acids is 1. The van der Waals surface area contributed by atoms with E-state index in [9.17, 15) is 13.2 Å². The number of nitrogens with two attached hydrogens (primary N) is 2. The van der Waals surface area contributed by atoms with Crippen molar-refractivity contribution in [1.82, 2.24) is 4.31 Å². The minimum atomic E-state index is -3.75. The molecule has 20 heavy (non-hydrogen) atoms. The van der Waals surface area contributed by atoms with Crippen LogP contribution in [0.3, 0.4) is 0 Å². The van der Waals surface area contributed by atoms with Crippen LogP contribution in [0.1, 0.15) is 24.6 Å². The molecule has 0 saturated heterocycles. The molecule has 0 aromatic carbocycles. The molecule has 0 aliphatic heterocycles. The van der Waals surface area contributed by atoms with Crippen molar-refractivity contribution in [2.45, 2.75) is 24.0 Å². The SMILES string of the molecule is CCCCN(CC(N)=O)S(=O)(=O)c1ccc(C(N)=S)s1. The van der Waals surface area contributed by atoms with E-state index in [0.717, 1.165) is 22.1 Å². The molecule has 1 aromatic heterocycles. The third-order valence-corrected chi connectivity index (χ3v) is 6.29. The molecule has 0 fully saturated rings. The largest absolute Gasteiger partial charge is 0.389 e. The Balaban J connectivity index is 3.07. The number of unbranched alkanes of at least 4 members (excludes halogenated alkanes) is 1. The van der Waals surface area contributed by atoms with Gasteiger partial charge in [-0.25, -0.2) is 8.42 Å². The number of primary amides is 1. The Morgan fingerprint density at radius 3 is 2.50 bits per heavy atom. The number of sulfonamides is 1. The monoisotopic (exact) mass is 335 g/mol. The standard InChI is InChI=1S/C11H17N3O3S3/c1-2-3-6-14(7-9(12)15)20(16,17)10-5-4-8(19-10)11(13)18/h4-5H,2-3,6-7H2,1H3,(H2,12,15)(H2,13,18). The van der Waals surface area contributed by atoms with Crippen molar-refractivity contribution >= 4 is 44.5 Å². The minimum absolute atomic E-state index is 0.109. The minimum Gasteiger partial charge on any atom is -0.389 e. The highest BCUT2D eigenvalue weighted by atomic mass is 32.2. The molecule has 0 atom stereocenters. The molecule has 1 rings (SSSR count). The van der Waals surface area contributed by atoms with E-state index in [-0.39, 0.29) is 22.3 Å². The predicted molar refractivity (Wildman–Crippen MR) is 83.1 cm³/mol. The summed E-state index contributed by atoms with van der Waals surface area (Å²) in [4.78, 5) is 11.7. The molecular formula is C11H17N3O3S3. The van der Waals surface area contributed by atoms with Crippen molar-refractivity contribution in [3.05, 3.63) is 17.0 Å². The van der Waals surface area contributed by atoms with Crippen molar-refractivity contribution in [2.24, 2.45) is 11.5 Å². The van der Waals surface area contributed by atoms with Crippen LogP contribution in [0, 0.1) is 0 Å². The maximum absolute atomic E-state index is 12.5. The molecule has 0 spiro atoms. The molecule has 1 aromatic rings. The fourth-order valence-corrected chi connectivity index (χ4v) is 4.46. The first-order chi connectivity index (χ1) is 9.28. The topological polar surface area (TPSA) is 106 Å². The zero-order chi connectivity index (χ0) is 15.3. The lowest BCUT2D eigenvalue weighted by atomic mass is 10.3. The second kappa shape index (κ2) is 7.11. The average molecular weight is 335 g/mol. The Morgan fingerprint density at radius 2 is 2.05 bits per heavy atom. The number of rotatable bonds is 8. The Bertz CT molecular complexity index is 595. The van der Waals surface area contributed by atoms with E-state index in [4.69, 9.17) is 23.7 Å². The molecule has 0 aliphatic rings. The van der Waals surface area contributed by atoms with Crippen molar-refractivity contribution in [2.75, 3.05) is 13.1 Å². The molecule has 0 bridgehead atoms. The first-order valence-electron chi connectivity index (χ1n) is 5.97. The summed E-state index contributed by atoms with van der Waals surface area (Å²) in [6, 6.07) is 3.00. The second-order valence-electron chi connectivity index (χ2n) is 4.14. The maximum atomic E-state index is 12.5. The molecule has 0 saturated carbocycles. The van der Waals surface area contributed by atoms with E-state index < -0.39 is 15.9 Å². The highest BCUT2D eigenvalue weighted by Crippen LogP contribution is 2.25. The summed E-state index contributed by atoms with van der Waals surface area (Å²) in [6.07, 6.45) is 1.47. The van der Waals surface area contributed by atoms with Crippen LogP contribution in [-0.2, 0) is 14.8 Å². The van der Waals surface area contributed by atoms with Crippen LogP contribution in [0.5, 0.6) is 0 Å². The molecule has 1 heterocycles. The zero-order valence-corrected chi connectivity index (χ0v) is 13.5. The normalized spacial score (nSPS) is 11.7. The number of thiocarbonyl (C=S) groups is 1. The van der Waals surface area contributed by atoms with Crippen molar-refractivity contribution in [3.8, 4) is 0 Å². The number of hydrogen-bond donors (Lipinski definition) is 2. The number of amides is 1. The Morgan fingerprint density at radius 1 is 1.40 bits per heavy atom. The Kier molecular flexibility index (Phi) is 6.06. The molecule has 9 heteroatoms. The molecule has 112 valence electrons. The first kappa shape index (κ1) is 17.0. The van der Waals surface area contributed by atoms with Gasteiger partial charge in [-0.15, -0.1) is 11.3 Å². The van der Waals surface area contributed by atoms with Gasteiger partial charge in [0.15, 0.2) is 0 Å². The van der Waals surface area contributed by atoms with Gasteiger partial charge >= 0.3 is 0 Å². The fourth-order valence-electron chi connectivity index (χ4n) is 1.51. The van der Waals surface area contributed by atoms with Crippen molar-refractivity contribution in [3.63, 3.8) is 0 Å². The smallest absolute Gasteiger partial charge is 0.253 e. The Hall–Kier alpha value is -1.03. The lowest BCUT2D eigenvalue weighted by Crippen LogP contribution is -2.38. The summed E-state index contributed by atoms with van der Waals surface area (Å²) in [6.45, 7) is 1.86. The van der Waals surface area contributed by atoms with Gasteiger partial charge in [-0.05, 0) is 18.6 Å². The van der Waals surface area contributed by atoms with E-state index >= 15 is 0 Å². The summed E-state index contributed by atoms with van der Waals surface area (Å²) in [5.74, 6) is -0.684. The summed E-state index contributed by atoms with van der Waals surface area (Å²) in [5.41, 5.74) is 10.6. The molecule has 6 nitrogen and oxygen atoms in total. The van der Waals surface area contributed by atoms with Gasteiger partial charge in [-0.1, -0.05) is 25.6 Å². The third-order valence-electron chi connectivity index (χ3n) is 2.51. The van der Waals surface area contributed by atoms with Crippen LogP contribution in [0.15, 0.2) is 16.3 Å². The molecular weight excluding hydrogens is 318 g/mol. The number of hydrogen-bond acceptors (Lipinski definition) is 5. The molecule has 0 aliphatic carbocycles. The average Bonchev–Trinajstić information content (AvgIpc) is 2.84. The lowest BCUT2D eigenvalue weighted by Gasteiger charge is -2.19. The zero-order valence-electron chi connectivity index (χ0n) is 11.0. The lowest BCUT2D eigenvalue weighted by molar-refractivity contribution is -0.118. The van der Waals surface area contributed by atoms with E-state index in [0.29, 0.717) is 11.3 Å². The number of thiophene rings is 1. The van der Waals surface area contributed by atoms with Crippen LogP contribution in [0.25, 0.3) is 0 Å². The van der Waals surface area contributed by atoms with Gasteiger partial charge in [0.2, 0.25) is 5.91 Å². The summed E-state index contributed by atoms with van der Waals surface area (Å²) in [5, 5.41) is 0. The van der Waals surface area contributed by atoms with E-state index in [2.05, 4.69) is 0 Å². The molecule has 4 N–H and O–H groups in total. The van der Waals surface area contributed by atoms with Crippen LogP contribution in [0.4, 0.5) is 0 Å². The van der Waals surface area contributed by atoms with Crippen LogP contribution >= 0.6 is 23.6 Å². The van der Waals surface area contributed by atoms with Crippen molar-refractivity contribution in [1.29, 1.82) is 0 Å². The van der Waals surface area contributed by atoms with Gasteiger partial charge in [0.25, 0.3) is 10.0 Å². The predicted octanol–water partition coefficient (Wildman–Crippen LogP) is 0.658. The van der Waals surface area contributed by atoms with Gasteiger partial charge in [0.05, 0.1) is 11.4 Å². The Labute approximate surface area is 127 Å². The highest BCUT2D eigenvalue weighted by molar-refractivity contribution is 7.91. The van der Waals surface area contributed by atoms with Gasteiger partial charge in [-0.2, -0.15) is 4.31 Å². The van der Waals surface area contributed by atoms with Crippen molar-refractivity contribution < 1.29 is 13.2 Å². The van der Waals surface area contributed by atoms with Gasteiger partial charge in [-0.3, -0.25) is 4.79 Å². The highest BCUT2D eigenvalue weighted by Gasteiger charge is 2.27. The van der Waals surface area contributed by atoms with Gasteiger partial charge in [0.1, 0.15) is 9.20 Å². The first-order valence-corrected chi connectivity index (χ1v) is 8.63. The van der Waals surface area contributed by atoms with Gasteiger partial charge < -0.3 is 11.5 Å². The quantitative estimate of drug-likeness (QED) is 0.679. The third kappa shape index (κ3) is 4.23. The van der Waals surface area contributed by atoms with Crippen LogP contribution < -0.4 is 11.5 Å². The molecule has 0 unspecified atom stereocenters. The number of carbonyl (C=O) groups is 1. The maximum Gasteiger partial charge on any atom is 0.253 e. The number of nitrogens with zero attached hydrogens (tertiary/aromatic N) is 1. The summed E-state index contributed by atoms with van der Waals surface area (Å²) < 4.78 is 26.1. The van der Waals surface area contributed by atoms with E-state index in [1.807, 2.05) is 6.92 Å². The van der Waals surface area contributed by atoms with Crippen LogP contribution in [-0.4, -0.2) is 36.7 Å². The second-order valence-corrected chi connectivity index (χ2v) is 7.83. The summed E-state index contributed by atoms with van der Waals surface area (Å²) >= 11 is 5.80. The summed E-state index contributed by atoms with van der Waals surface area (Å²) in [7, 11) is -3.75. The van der Waals surface area contributed by atoms with Gasteiger partial charge in [0, 0.05) is 6.54 Å². The fraction of sp³-hybridized carbons (Fsp3) is 0.455. The van der Waals surface area contributed by atoms with E-state index in [1.54, 1.807) is 6.07 Å². The van der Waals surface area contributed by atoms with Crippen LogP contribution in [0.2, 0.25) is 0 Å². The molecule has 0 radical (unpaired) electrons. The molecule has 1 amide bonds. The van der Waals surface area contributed by atoms with E-state index in [1.165, 1.54) is 6.07 Å².